The van der Waals surface area contributed by atoms with Gasteiger partial charge in [0, 0.05) is 24.3 Å². The number of nitrogens with one attached hydrogen (secondary N) is 1. The zero-order valence-corrected chi connectivity index (χ0v) is 8.33. The van der Waals surface area contributed by atoms with E-state index in [1.54, 1.807) is 0 Å². The topological polar surface area (TPSA) is 29.9 Å². The smallest absolute Gasteiger partial charge is 0.0537 e. The molecule has 1 atom stereocenters. The summed E-state index contributed by atoms with van der Waals surface area (Å²) in [5.41, 5.74) is 1.34. The van der Waals surface area contributed by atoms with Crippen LogP contribution < -0.4 is 5.32 Å². The van der Waals surface area contributed by atoms with Gasteiger partial charge in [0.1, 0.15) is 0 Å². The zero-order chi connectivity index (χ0) is 9.26. The van der Waals surface area contributed by atoms with Crippen molar-refractivity contribution in [3.05, 3.63) is 18.0 Å². The molecule has 1 N–H and O–H groups in total. The lowest BCUT2D eigenvalue weighted by Crippen LogP contribution is -2.17. The van der Waals surface area contributed by atoms with Gasteiger partial charge in [-0.15, -0.1) is 0 Å². The largest absolute Gasteiger partial charge is 0.313 e. The van der Waals surface area contributed by atoms with E-state index < -0.39 is 0 Å². The molecule has 1 fully saturated rings. The number of aryl methyl sites for hydroxylation is 1. The van der Waals surface area contributed by atoms with Crippen molar-refractivity contribution in [3.8, 4) is 0 Å². The molecule has 1 heterocycles. The van der Waals surface area contributed by atoms with Crippen LogP contribution in [-0.4, -0.2) is 16.8 Å². The molecule has 72 valence electrons. The SMILES string of the molecule is CCn1cc(C(NC)C2CC2)cn1. The van der Waals surface area contributed by atoms with Gasteiger partial charge in [-0.2, -0.15) is 5.10 Å². The van der Waals surface area contributed by atoms with Crippen LogP contribution in [0.15, 0.2) is 12.4 Å². The number of hydrogen-bond donors (Lipinski definition) is 1. The first kappa shape index (κ1) is 8.75. The molecule has 0 saturated heterocycles. The average molecular weight is 179 g/mol. The van der Waals surface area contributed by atoms with Gasteiger partial charge in [-0.1, -0.05) is 0 Å². The Kier molecular flexibility index (Phi) is 2.36. The van der Waals surface area contributed by atoms with Crippen molar-refractivity contribution in [3.63, 3.8) is 0 Å². The predicted octanol–water partition coefficient (Wildman–Crippen LogP) is 1.57. The molecule has 3 heteroatoms. The molecule has 1 aliphatic carbocycles. The molecule has 0 spiro atoms. The maximum absolute atomic E-state index is 4.29. The minimum absolute atomic E-state index is 0.528. The third-order valence-corrected chi connectivity index (χ3v) is 2.74. The van der Waals surface area contributed by atoms with Crippen molar-refractivity contribution in [2.24, 2.45) is 5.92 Å². The minimum Gasteiger partial charge on any atom is -0.313 e. The van der Waals surface area contributed by atoms with E-state index in [0.717, 1.165) is 12.5 Å². The Morgan fingerprint density at radius 1 is 1.69 bits per heavy atom. The quantitative estimate of drug-likeness (QED) is 0.760. The highest BCUT2D eigenvalue weighted by atomic mass is 15.3. The first-order valence-electron chi connectivity index (χ1n) is 5.04. The molecule has 0 amide bonds. The van der Waals surface area contributed by atoms with Crippen LogP contribution in [-0.2, 0) is 6.54 Å². The fraction of sp³-hybridized carbons (Fsp3) is 0.700. The molecule has 0 radical (unpaired) electrons. The van der Waals surface area contributed by atoms with Gasteiger partial charge in [0.15, 0.2) is 0 Å². The number of rotatable bonds is 4. The van der Waals surface area contributed by atoms with Crippen molar-refractivity contribution >= 4 is 0 Å². The van der Waals surface area contributed by atoms with Crippen LogP contribution in [0.25, 0.3) is 0 Å². The van der Waals surface area contributed by atoms with E-state index >= 15 is 0 Å². The van der Waals surface area contributed by atoms with Gasteiger partial charge in [-0.05, 0) is 32.7 Å². The van der Waals surface area contributed by atoms with Gasteiger partial charge >= 0.3 is 0 Å². The molecular weight excluding hydrogens is 162 g/mol. The minimum atomic E-state index is 0.528. The van der Waals surface area contributed by atoms with Crippen molar-refractivity contribution in [1.29, 1.82) is 0 Å². The monoisotopic (exact) mass is 179 g/mol. The molecule has 1 aromatic heterocycles. The summed E-state index contributed by atoms with van der Waals surface area (Å²) in [7, 11) is 2.03. The number of nitrogens with zero attached hydrogens (tertiary/aromatic N) is 2. The number of hydrogen-bond acceptors (Lipinski definition) is 2. The summed E-state index contributed by atoms with van der Waals surface area (Å²) in [5, 5.41) is 7.65. The van der Waals surface area contributed by atoms with Crippen molar-refractivity contribution in [2.75, 3.05) is 7.05 Å². The summed E-state index contributed by atoms with van der Waals surface area (Å²) < 4.78 is 1.99. The summed E-state index contributed by atoms with van der Waals surface area (Å²) >= 11 is 0. The fourth-order valence-corrected chi connectivity index (χ4v) is 1.82. The van der Waals surface area contributed by atoms with Gasteiger partial charge in [0.25, 0.3) is 0 Å². The Bertz CT molecular complexity index is 275. The molecule has 1 aliphatic rings. The Balaban J connectivity index is 2.12. The van der Waals surface area contributed by atoms with Crippen LogP contribution in [0.2, 0.25) is 0 Å². The van der Waals surface area contributed by atoms with E-state index in [-0.39, 0.29) is 0 Å². The maximum atomic E-state index is 4.29. The third kappa shape index (κ3) is 1.75. The molecule has 13 heavy (non-hydrogen) atoms. The highest BCUT2D eigenvalue weighted by Crippen LogP contribution is 2.40. The summed E-state index contributed by atoms with van der Waals surface area (Å²) in [5.74, 6) is 0.847. The first-order chi connectivity index (χ1) is 6.35. The molecular formula is C10H17N3. The Hall–Kier alpha value is -0.830. The van der Waals surface area contributed by atoms with E-state index in [1.165, 1.54) is 18.4 Å². The van der Waals surface area contributed by atoms with Crippen LogP contribution >= 0.6 is 0 Å². The lowest BCUT2D eigenvalue weighted by atomic mass is 10.1. The number of aromatic nitrogens is 2. The van der Waals surface area contributed by atoms with E-state index in [0.29, 0.717) is 6.04 Å². The lowest BCUT2D eigenvalue weighted by Gasteiger charge is -2.12. The van der Waals surface area contributed by atoms with Gasteiger partial charge in [-0.3, -0.25) is 4.68 Å². The molecule has 2 rings (SSSR count). The summed E-state index contributed by atoms with van der Waals surface area (Å²) in [6, 6.07) is 0.528. The second kappa shape index (κ2) is 3.50. The standard InChI is InChI=1S/C10H17N3/c1-3-13-7-9(6-12-13)10(11-2)8-4-5-8/h6-8,10-11H,3-5H2,1-2H3. The van der Waals surface area contributed by atoms with E-state index in [1.807, 2.05) is 17.9 Å². The molecule has 1 saturated carbocycles. The molecule has 0 aliphatic heterocycles. The average Bonchev–Trinajstić information content (AvgIpc) is 2.85. The van der Waals surface area contributed by atoms with Gasteiger partial charge in [0.05, 0.1) is 6.20 Å². The van der Waals surface area contributed by atoms with Crippen LogP contribution in [0.5, 0.6) is 0 Å². The molecule has 0 aromatic carbocycles. The molecule has 3 nitrogen and oxygen atoms in total. The summed E-state index contributed by atoms with van der Waals surface area (Å²) in [4.78, 5) is 0. The van der Waals surface area contributed by atoms with Crippen LogP contribution in [0.1, 0.15) is 31.4 Å². The van der Waals surface area contributed by atoms with Crippen molar-refractivity contribution in [1.82, 2.24) is 15.1 Å². The second-order valence-corrected chi connectivity index (χ2v) is 3.73. The second-order valence-electron chi connectivity index (χ2n) is 3.73. The van der Waals surface area contributed by atoms with Gasteiger partial charge in [-0.25, -0.2) is 0 Å². The van der Waals surface area contributed by atoms with Gasteiger partial charge in [0.2, 0.25) is 0 Å². The normalized spacial score (nSPS) is 18.9. The summed E-state index contributed by atoms with van der Waals surface area (Å²) in [6.45, 7) is 3.07. The Morgan fingerprint density at radius 2 is 2.46 bits per heavy atom. The molecule has 0 bridgehead atoms. The van der Waals surface area contributed by atoms with Crippen molar-refractivity contribution in [2.45, 2.75) is 32.4 Å². The maximum Gasteiger partial charge on any atom is 0.0537 e. The highest BCUT2D eigenvalue weighted by Gasteiger charge is 2.31. The lowest BCUT2D eigenvalue weighted by molar-refractivity contribution is 0.527. The highest BCUT2D eigenvalue weighted by molar-refractivity contribution is 5.13. The molecule has 1 aromatic rings. The Morgan fingerprint density at radius 3 is 2.92 bits per heavy atom. The third-order valence-electron chi connectivity index (χ3n) is 2.74. The Labute approximate surface area is 79.1 Å². The first-order valence-corrected chi connectivity index (χ1v) is 5.04. The van der Waals surface area contributed by atoms with Crippen LogP contribution in [0.3, 0.4) is 0 Å². The zero-order valence-electron chi connectivity index (χ0n) is 8.33. The van der Waals surface area contributed by atoms with Crippen LogP contribution in [0.4, 0.5) is 0 Å². The van der Waals surface area contributed by atoms with Crippen LogP contribution in [0, 0.1) is 5.92 Å². The predicted molar refractivity (Wildman–Crippen MR) is 52.4 cm³/mol. The van der Waals surface area contributed by atoms with E-state index in [2.05, 4.69) is 23.5 Å². The van der Waals surface area contributed by atoms with E-state index in [9.17, 15) is 0 Å². The fourth-order valence-electron chi connectivity index (χ4n) is 1.82. The van der Waals surface area contributed by atoms with Crippen molar-refractivity contribution < 1.29 is 0 Å². The van der Waals surface area contributed by atoms with Gasteiger partial charge < -0.3 is 5.32 Å². The van der Waals surface area contributed by atoms with E-state index in [4.69, 9.17) is 0 Å². The molecule has 1 unspecified atom stereocenters. The summed E-state index contributed by atoms with van der Waals surface area (Å²) in [6.07, 6.45) is 6.87.